The number of hydrogen-bond donors (Lipinski definition) is 1. The van der Waals surface area contributed by atoms with Crippen molar-refractivity contribution < 1.29 is 14.4 Å². The van der Waals surface area contributed by atoms with E-state index in [1.165, 1.54) is 0 Å². The van der Waals surface area contributed by atoms with Crippen LogP contribution >= 0.6 is 11.6 Å². The van der Waals surface area contributed by atoms with Crippen molar-refractivity contribution in [1.82, 2.24) is 24.9 Å². The van der Waals surface area contributed by atoms with Gasteiger partial charge in [-0.15, -0.1) is 0 Å². The van der Waals surface area contributed by atoms with Gasteiger partial charge in [0, 0.05) is 53.3 Å². The fourth-order valence-corrected chi connectivity index (χ4v) is 7.64. The van der Waals surface area contributed by atoms with Gasteiger partial charge in [0.2, 0.25) is 11.8 Å². The normalized spacial score (nSPS) is 17.3. The van der Waals surface area contributed by atoms with E-state index in [4.69, 9.17) is 16.7 Å². The van der Waals surface area contributed by atoms with E-state index in [-0.39, 0.29) is 18.2 Å². The molecule has 0 radical (unpaired) electrons. The Bertz CT molecular complexity index is 2290. The molecular formula is C44H41ClN6O3. The van der Waals surface area contributed by atoms with Crippen molar-refractivity contribution in [3.8, 4) is 41.0 Å². The maximum absolute atomic E-state index is 13.1. The van der Waals surface area contributed by atoms with Crippen LogP contribution in [0.4, 0.5) is 0 Å². The minimum atomic E-state index is -0.627. The number of carbonyl (C=O) groups is 3. The molecule has 3 aliphatic heterocycles. The molecule has 10 heteroatoms. The van der Waals surface area contributed by atoms with Gasteiger partial charge in [0.1, 0.15) is 12.1 Å². The van der Waals surface area contributed by atoms with E-state index in [2.05, 4.69) is 78.1 Å². The molecule has 1 N–H and O–H groups in total. The van der Waals surface area contributed by atoms with E-state index >= 15 is 0 Å². The standard InChI is InChI=1S/C44H41ClN6O3/c1-29-30(2)51(48-42(29)35-16-17-36(26-46)39(45)25-35)27-33-14-12-31(13-15-33)10-11-32-20-23-49(24-21-32)22-5-3-4-7-34-8-6-9-37-38(34)28-50(44(37)54)40-18-19-41(52)47-43(40)53/h6,8-9,12-17,25,32,40H,3,5,18-24,27-28H2,1-2H3,(H,47,52,53). The number of aromatic nitrogens is 2. The molecule has 0 bridgehead atoms. The number of nitrogens with zero attached hydrogens (tertiary/aromatic N) is 5. The van der Waals surface area contributed by atoms with Gasteiger partial charge in [-0.25, -0.2) is 0 Å². The molecule has 2 saturated heterocycles. The second kappa shape index (κ2) is 16.1. The fraction of sp³-hybridized carbons (Fsp3) is 0.341. The molecule has 1 unspecified atom stereocenters. The maximum Gasteiger partial charge on any atom is 0.255 e. The second-order valence-electron chi connectivity index (χ2n) is 14.2. The summed E-state index contributed by atoms with van der Waals surface area (Å²) >= 11 is 6.29. The Kier molecular flexibility index (Phi) is 11.0. The molecule has 4 aromatic rings. The van der Waals surface area contributed by atoms with Crippen molar-refractivity contribution >= 4 is 29.3 Å². The van der Waals surface area contributed by atoms with Crippen molar-refractivity contribution in [2.75, 3.05) is 19.6 Å². The topological polar surface area (TPSA) is 111 Å². The van der Waals surface area contributed by atoms with Crippen LogP contribution in [0, 0.1) is 54.8 Å². The average molecular weight is 737 g/mol. The number of imide groups is 1. The molecule has 0 spiro atoms. The van der Waals surface area contributed by atoms with Gasteiger partial charge in [-0.3, -0.25) is 24.4 Å². The lowest BCUT2D eigenvalue weighted by Crippen LogP contribution is -2.52. The summed E-state index contributed by atoms with van der Waals surface area (Å²) in [5.74, 6) is 13.0. The molecule has 3 aromatic carbocycles. The lowest BCUT2D eigenvalue weighted by Gasteiger charge is -2.29. The number of benzene rings is 3. The first-order valence-corrected chi connectivity index (χ1v) is 18.9. The van der Waals surface area contributed by atoms with E-state index in [0.717, 1.165) is 90.1 Å². The number of hydrogen-bond acceptors (Lipinski definition) is 6. The summed E-state index contributed by atoms with van der Waals surface area (Å²) in [6.45, 7) is 8.15. The lowest BCUT2D eigenvalue weighted by molar-refractivity contribution is -0.136. The fourth-order valence-electron chi connectivity index (χ4n) is 7.42. The van der Waals surface area contributed by atoms with E-state index in [9.17, 15) is 19.6 Å². The van der Waals surface area contributed by atoms with Gasteiger partial charge < -0.3 is 9.80 Å². The van der Waals surface area contributed by atoms with Gasteiger partial charge in [-0.05, 0) is 112 Å². The number of carbonyl (C=O) groups excluding carboxylic acids is 3. The molecule has 3 amide bonds. The third-order valence-corrected chi connectivity index (χ3v) is 11.1. The summed E-state index contributed by atoms with van der Waals surface area (Å²) in [7, 11) is 0. The quantitative estimate of drug-likeness (QED) is 0.134. The number of likely N-dealkylation sites (tertiary alicyclic amines) is 1. The second-order valence-corrected chi connectivity index (χ2v) is 14.6. The summed E-state index contributed by atoms with van der Waals surface area (Å²) in [5.41, 5.74) is 8.84. The third-order valence-electron chi connectivity index (χ3n) is 10.7. The Morgan fingerprint density at radius 1 is 0.963 bits per heavy atom. The van der Waals surface area contributed by atoms with Crippen LogP contribution in [0.2, 0.25) is 5.02 Å². The van der Waals surface area contributed by atoms with Gasteiger partial charge in [0.05, 0.1) is 22.8 Å². The number of fused-ring (bicyclic) bond motifs is 1. The van der Waals surface area contributed by atoms with Crippen molar-refractivity contribution in [3.05, 3.63) is 110 Å². The molecule has 272 valence electrons. The Morgan fingerprint density at radius 3 is 2.50 bits per heavy atom. The summed E-state index contributed by atoms with van der Waals surface area (Å²) in [6, 6.07) is 20.9. The first-order chi connectivity index (χ1) is 26.2. The molecule has 9 nitrogen and oxygen atoms in total. The molecule has 4 heterocycles. The highest BCUT2D eigenvalue weighted by Gasteiger charge is 2.39. The molecule has 1 aromatic heterocycles. The highest BCUT2D eigenvalue weighted by molar-refractivity contribution is 6.32. The Labute approximate surface area is 321 Å². The Balaban J connectivity index is 0.859. The highest BCUT2D eigenvalue weighted by atomic mass is 35.5. The largest absolute Gasteiger partial charge is 0.322 e. The van der Waals surface area contributed by atoms with E-state index in [0.29, 0.717) is 41.6 Å². The minimum absolute atomic E-state index is 0.177. The van der Waals surface area contributed by atoms with Gasteiger partial charge in [-0.2, -0.15) is 10.4 Å². The van der Waals surface area contributed by atoms with Gasteiger partial charge in [0.25, 0.3) is 5.91 Å². The van der Waals surface area contributed by atoms with E-state index < -0.39 is 11.9 Å². The number of amides is 3. The highest BCUT2D eigenvalue weighted by Crippen LogP contribution is 2.31. The molecule has 0 saturated carbocycles. The molecule has 1 atom stereocenters. The number of piperidine rings is 2. The van der Waals surface area contributed by atoms with Crippen molar-refractivity contribution in [2.45, 2.75) is 71.5 Å². The van der Waals surface area contributed by atoms with E-state index in [1.807, 2.05) is 22.9 Å². The van der Waals surface area contributed by atoms with Gasteiger partial charge in [0.15, 0.2) is 0 Å². The first-order valence-electron chi connectivity index (χ1n) is 18.5. The summed E-state index contributed by atoms with van der Waals surface area (Å²) < 4.78 is 2.01. The van der Waals surface area contributed by atoms with Crippen LogP contribution in [0.15, 0.2) is 60.7 Å². The van der Waals surface area contributed by atoms with Gasteiger partial charge >= 0.3 is 0 Å². The first kappa shape index (κ1) is 36.7. The summed E-state index contributed by atoms with van der Waals surface area (Å²) in [4.78, 5) is 41.1. The third kappa shape index (κ3) is 7.97. The molecule has 2 fully saturated rings. The summed E-state index contributed by atoms with van der Waals surface area (Å²) in [6.07, 6.45) is 4.41. The summed E-state index contributed by atoms with van der Waals surface area (Å²) in [5, 5.41) is 16.9. The lowest BCUT2D eigenvalue weighted by atomic mass is 9.96. The van der Waals surface area contributed by atoms with Crippen LogP contribution in [0.3, 0.4) is 0 Å². The van der Waals surface area contributed by atoms with Crippen LogP contribution in [0.25, 0.3) is 11.3 Å². The Hall–Kier alpha value is -5.66. The van der Waals surface area contributed by atoms with Gasteiger partial charge in [-0.1, -0.05) is 59.5 Å². The van der Waals surface area contributed by atoms with Crippen molar-refractivity contribution in [2.24, 2.45) is 5.92 Å². The smallest absolute Gasteiger partial charge is 0.255 e. The zero-order valence-corrected chi connectivity index (χ0v) is 31.3. The van der Waals surface area contributed by atoms with Crippen LogP contribution < -0.4 is 5.32 Å². The predicted octanol–water partition coefficient (Wildman–Crippen LogP) is 6.40. The number of nitriles is 1. The average Bonchev–Trinajstić information content (AvgIpc) is 3.66. The van der Waals surface area contributed by atoms with Crippen LogP contribution in [0.1, 0.15) is 88.0 Å². The van der Waals surface area contributed by atoms with E-state index in [1.54, 1.807) is 23.1 Å². The maximum atomic E-state index is 13.1. The number of nitrogens with one attached hydrogen (secondary N) is 1. The number of halogens is 1. The minimum Gasteiger partial charge on any atom is -0.322 e. The molecule has 54 heavy (non-hydrogen) atoms. The van der Waals surface area contributed by atoms with Crippen LogP contribution in [-0.4, -0.2) is 63.0 Å². The Morgan fingerprint density at radius 2 is 1.76 bits per heavy atom. The zero-order chi connectivity index (χ0) is 37.8. The SMILES string of the molecule is Cc1c(-c2ccc(C#N)c(Cl)c2)nn(Cc2ccc(C#CC3CCN(CCCC#Cc4cccc5c4CN(C4CCC(=O)NC4=O)C5=O)CC3)cc2)c1C. The number of rotatable bonds is 7. The number of unbranched alkanes of at least 4 members (excludes halogenated alkanes) is 1. The molecule has 7 rings (SSSR count). The van der Waals surface area contributed by atoms with Crippen LogP contribution in [0.5, 0.6) is 0 Å². The van der Waals surface area contributed by atoms with Crippen LogP contribution in [-0.2, 0) is 22.7 Å². The monoisotopic (exact) mass is 736 g/mol. The molecular weight excluding hydrogens is 696 g/mol. The van der Waals surface area contributed by atoms with Crippen molar-refractivity contribution in [3.63, 3.8) is 0 Å². The predicted molar refractivity (Wildman–Crippen MR) is 207 cm³/mol. The molecule has 0 aliphatic carbocycles. The van der Waals surface area contributed by atoms with Crippen molar-refractivity contribution in [1.29, 1.82) is 5.26 Å². The molecule has 3 aliphatic rings. The zero-order valence-electron chi connectivity index (χ0n) is 30.5.